The van der Waals surface area contributed by atoms with Crippen LogP contribution in [0.1, 0.15) is 47.7 Å². The lowest BCUT2D eigenvalue weighted by Gasteiger charge is -2.50. The zero-order chi connectivity index (χ0) is 33.7. The Morgan fingerprint density at radius 3 is 2.39 bits per heavy atom. The van der Waals surface area contributed by atoms with E-state index in [1.807, 2.05) is 20.2 Å². The summed E-state index contributed by atoms with van der Waals surface area (Å²) in [6.45, 7) is 2.54. The van der Waals surface area contributed by atoms with Crippen LogP contribution in [-0.2, 0) is 20.8 Å². The van der Waals surface area contributed by atoms with Crippen molar-refractivity contribution in [1.29, 1.82) is 0 Å². The van der Waals surface area contributed by atoms with Crippen LogP contribution in [0, 0.1) is 11.8 Å². The van der Waals surface area contributed by atoms with Crippen molar-refractivity contribution in [3.63, 3.8) is 0 Å². The maximum Gasteiger partial charge on any atom is 0.251 e. The summed E-state index contributed by atoms with van der Waals surface area (Å²) in [7, 11) is 7.18. The first-order valence-electron chi connectivity index (χ1n) is 15.4. The number of aliphatic hydroxyl groups is 3. The normalized spacial score (nSPS) is 24.2. The lowest BCUT2D eigenvalue weighted by atomic mass is 9.57. The third-order valence-electron chi connectivity index (χ3n) is 9.46. The number of aromatic hydroxyl groups is 1. The van der Waals surface area contributed by atoms with E-state index in [9.17, 15) is 39.6 Å². The lowest BCUT2D eigenvalue weighted by Crippen LogP contribution is -2.65. The highest BCUT2D eigenvalue weighted by molar-refractivity contribution is 6.25. The van der Waals surface area contributed by atoms with Gasteiger partial charge in [0.25, 0.3) is 5.91 Å². The Bertz CT molecular complexity index is 1690. The molecule has 0 aromatic heterocycles. The number of phenols is 1. The summed E-state index contributed by atoms with van der Waals surface area (Å²) in [5.41, 5.74) is -1.14. The summed E-state index contributed by atoms with van der Waals surface area (Å²) in [6.07, 6.45) is 1.97. The molecule has 3 aliphatic carbocycles. The number of phenolic OH excluding ortho intramolecular Hbond substituents is 1. The van der Waals surface area contributed by atoms with Crippen LogP contribution in [0.3, 0.4) is 0 Å². The van der Waals surface area contributed by atoms with E-state index in [0.29, 0.717) is 28.8 Å². The van der Waals surface area contributed by atoms with Gasteiger partial charge in [-0.2, -0.15) is 0 Å². The molecule has 5 N–H and O–H groups in total. The Balaban J connectivity index is 1.55. The second-order valence-corrected chi connectivity index (χ2v) is 13.0. The van der Waals surface area contributed by atoms with Gasteiger partial charge in [0.2, 0.25) is 5.78 Å². The third-order valence-corrected chi connectivity index (χ3v) is 9.46. The summed E-state index contributed by atoms with van der Waals surface area (Å²) in [6, 6.07) is 8.99. The smallest absolute Gasteiger partial charge is 0.251 e. The molecule has 0 aliphatic heterocycles. The van der Waals surface area contributed by atoms with Crippen LogP contribution in [0.2, 0.25) is 0 Å². The molecular weight excluding hydrogens is 590 g/mol. The monoisotopic (exact) mass is 631 g/mol. The minimum Gasteiger partial charge on any atom is -0.508 e. The molecule has 0 bridgehead atoms. The number of unbranched alkanes of at least 4 members (excludes halogenated alkanes) is 1. The molecule has 0 heterocycles. The number of carbonyl (C=O) groups is 4. The molecule has 1 saturated carbocycles. The van der Waals surface area contributed by atoms with E-state index in [4.69, 9.17) is 0 Å². The largest absolute Gasteiger partial charge is 0.508 e. The van der Waals surface area contributed by atoms with Gasteiger partial charge in [-0.25, -0.2) is 0 Å². The molecule has 0 unspecified atom stereocenters. The molecule has 11 heteroatoms. The Hall–Kier alpha value is -4.32. The second kappa shape index (κ2) is 12.5. The van der Waals surface area contributed by atoms with E-state index in [1.54, 1.807) is 38.4 Å². The van der Waals surface area contributed by atoms with Crippen LogP contribution in [0.15, 0.2) is 53.3 Å². The summed E-state index contributed by atoms with van der Waals surface area (Å²) in [5.74, 6) is -6.33. The maximum absolute atomic E-state index is 14.1. The minimum atomic E-state index is -2.62. The Labute approximate surface area is 267 Å². The van der Waals surface area contributed by atoms with Crippen LogP contribution in [0.5, 0.6) is 5.75 Å². The van der Waals surface area contributed by atoms with Crippen LogP contribution in [0.25, 0.3) is 16.9 Å². The molecule has 4 atom stereocenters. The number of rotatable bonds is 9. The van der Waals surface area contributed by atoms with Crippen molar-refractivity contribution >= 4 is 29.0 Å². The van der Waals surface area contributed by atoms with Crippen molar-refractivity contribution in [2.24, 2.45) is 11.8 Å². The molecule has 1 amide bonds. The number of hydrogen-bond acceptors (Lipinski definition) is 10. The van der Waals surface area contributed by atoms with E-state index < -0.39 is 57.9 Å². The number of fused-ring (bicyclic) bond motifs is 3. The Morgan fingerprint density at radius 1 is 1.02 bits per heavy atom. The van der Waals surface area contributed by atoms with E-state index in [1.165, 1.54) is 11.0 Å². The quantitative estimate of drug-likeness (QED) is 0.205. The average Bonchev–Trinajstić information content (AvgIpc) is 2.98. The predicted octanol–water partition coefficient (Wildman–Crippen LogP) is 2.81. The van der Waals surface area contributed by atoms with Crippen LogP contribution in [0.4, 0.5) is 0 Å². The molecule has 2 aromatic carbocycles. The first-order chi connectivity index (χ1) is 21.7. The van der Waals surface area contributed by atoms with Gasteiger partial charge in [0.1, 0.15) is 22.8 Å². The minimum absolute atomic E-state index is 0.0150. The van der Waals surface area contributed by atoms with Gasteiger partial charge in [0.05, 0.1) is 11.6 Å². The number of aliphatic hydroxyl groups excluding tert-OH is 2. The average molecular weight is 632 g/mol. The topological polar surface area (TPSA) is 168 Å². The van der Waals surface area contributed by atoms with Crippen molar-refractivity contribution in [1.82, 2.24) is 15.1 Å². The number of hydrogen-bond donors (Lipinski definition) is 5. The number of ketones is 3. The van der Waals surface area contributed by atoms with Crippen molar-refractivity contribution in [3.8, 4) is 16.9 Å². The van der Waals surface area contributed by atoms with E-state index in [0.717, 1.165) is 26.3 Å². The molecular formula is C35H41N3O8. The third kappa shape index (κ3) is 5.42. The van der Waals surface area contributed by atoms with E-state index >= 15 is 0 Å². The zero-order valence-electron chi connectivity index (χ0n) is 26.8. The van der Waals surface area contributed by atoms with Gasteiger partial charge in [-0.05, 0) is 108 Å². The predicted molar refractivity (Wildman–Crippen MR) is 171 cm³/mol. The molecule has 0 radical (unpaired) electrons. The first kappa shape index (κ1) is 33.1. The van der Waals surface area contributed by atoms with Crippen molar-refractivity contribution < 1.29 is 39.6 Å². The first-order valence-corrected chi connectivity index (χ1v) is 15.4. The van der Waals surface area contributed by atoms with Crippen molar-refractivity contribution in [2.75, 3.05) is 41.3 Å². The zero-order valence-corrected chi connectivity index (χ0v) is 26.8. The number of nitrogens with one attached hydrogen (secondary N) is 1. The van der Waals surface area contributed by atoms with Crippen LogP contribution in [-0.4, -0.2) is 106 Å². The molecule has 0 saturated heterocycles. The molecule has 3 aliphatic rings. The molecule has 11 nitrogen and oxygen atoms in total. The number of carbonyl (C=O) groups excluding carboxylic acids is 4. The fraction of sp³-hybridized carbons (Fsp3) is 0.429. The number of likely N-dealkylation sites (N-methyl/N-ethyl adjacent to an activating group) is 1. The van der Waals surface area contributed by atoms with Gasteiger partial charge >= 0.3 is 0 Å². The molecule has 0 spiro atoms. The summed E-state index contributed by atoms with van der Waals surface area (Å²) >= 11 is 0. The molecule has 5 rings (SSSR count). The Kier molecular flexibility index (Phi) is 8.96. The van der Waals surface area contributed by atoms with Gasteiger partial charge in [0.15, 0.2) is 17.2 Å². The van der Waals surface area contributed by atoms with Crippen molar-refractivity contribution in [2.45, 2.75) is 44.2 Å². The maximum atomic E-state index is 14.1. The van der Waals surface area contributed by atoms with E-state index in [-0.39, 0.29) is 35.6 Å². The standard InChI is InChI=1S/C35H41N3O8/c1-18(39)26-31(42)29(38(4)5)24-17-21-16-23-22(19-9-8-10-20(15-19)34(45)36-13-6-7-14-37(2)3)11-12-25(40)28(23)30(41)27(21)33(44)35(24,46)32(26)43/h8-12,15,21,24,29,40-41,43,46H,6-7,13-14,16-17H2,1-5H3,(H,36,45)/t21-,24-,29-,35+/m0/s1. The SMILES string of the molecule is CC(=O)C1=C(O)[C@@]2(O)C(=O)C3=C(O)c4c(O)ccc(-c5cccc(C(=O)NCCCCN(C)C)c5)c4C[C@H]3C[C@H]2[C@H](N(C)C)C1=O. The fourth-order valence-corrected chi connectivity index (χ4v) is 7.30. The highest BCUT2D eigenvalue weighted by atomic mass is 16.3. The lowest BCUT2D eigenvalue weighted by molar-refractivity contribution is -0.153. The number of amides is 1. The summed E-state index contributed by atoms with van der Waals surface area (Å²) in [4.78, 5) is 56.5. The number of nitrogens with zero attached hydrogens (tertiary/aromatic N) is 2. The highest BCUT2D eigenvalue weighted by Gasteiger charge is 2.64. The number of Topliss-reactive ketones (excluding diaryl/α,β-unsaturated/α-hetero) is 3. The van der Waals surface area contributed by atoms with Gasteiger partial charge in [-0.15, -0.1) is 0 Å². The van der Waals surface area contributed by atoms with E-state index in [2.05, 4.69) is 10.2 Å². The van der Waals surface area contributed by atoms with Crippen LogP contribution < -0.4 is 5.32 Å². The molecule has 1 fully saturated rings. The second-order valence-electron chi connectivity index (χ2n) is 13.0. The summed E-state index contributed by atoms with van der Waals surface area (Å²) in [5, 5.41) is 48.4. The fourth-order valence-electron chi connectivity index (χ4n) is 7.30. The summed E-state index contributed by atoms with van der Waals surface area (Å²) < 4.78 is 0. The Morgan fingerprint density at radius 2 is 1.74 bits per heavy atom. The van der Waals surface area contributed by atoms with Gasteiger partial charge in [-0.1, -0.05) is 18.2 Å². The van der Waals surface area contributed by atoms with Crippen molar-refractivity contribution in [3.05, 3.63) is 70.0 Å². The van der Waals surface area contributed by atoms with Gasteiger partial charge in [0, 0.05) is 23.6 Å². The number of benzene rings is 2. The highest BCUT2D eigenvalue weighted by Crippen LogP contribution is 2.53. The van der Waals surface area contributed by atoms with Gasteiger partial charge in [-0.3, -0.25) is 24.1 Å². The molecule has 2 aromatic rings. The molecule has 46 heavy (non-hydrogen) atoms. The molecule has 244 valence electrons. The van der Waals surface area contributed by atoms with Gasteiger partial charge < -0.3 is 30.6 Å². The van der Waals surface area contributed by atoms with Crippen LogP contribution >= 0.6 is 0 Å².